The van der Waals surface area contributed by atoms with Gasteiger partial charge < -0.3 is 10.4 Å². The number of nitrogens with one attached hydrogen (secondary N) is 1. The fraction of sp³-hybridized carbons (Fsp3) is 0.500. The van der Waals surface area contributed by atoms with Crippen molar-refractivity contribution in [2.45, 2.75) is 26.8 Å². The van der Waals surface area contributed by atoms with Gasteiger partial charge in [-0.05, 0) is 34.8 Å². The molecule has 0 amide bonds. The van der Waals surface area contributed by atoms with Gasteiger partial charge >= 0.3 is 0 Å². The molecule has 0 bridgehead atoms. The molecule has 0 aliphatic heterocycles. The highest BCUT2D eigenvalue weighted by Crippen LogP contribution is 2.31. The molecule has 5 nitrogen and oxygen atoms in total. The molecule has 2 N–H and O–H groups in total. The van der Waals surface area contributed by atoms with Gasteiger partial charge in [0, 0.05) is 21.8 Å². The lowest BCUT2D eigenvalue weighted by atomic mass is 10.0. The number of benzene rings is 1. The van der Waals surface area contributed by atoms with Crippen LogP contribution in [-0.4, -0.2) is 22.7 Å². The molecule has 0 spiro atoms. The largest absolute Gasteiger partial charge is 0.394 e. The predicted octanol–water partition coefficient (Wildman–Crippen LogP) is 3.09. The molecule has 6 heteroatoms. The minimum absolute atomic E-state index is 0.0140. The van der Waals surface area contributed by atoms with E-state index in [9.17, 15) is 15.2 Å². The molecule has 0 radical (unpaired) electrons. The summed E-state index contributed by atoms with van der Waals surface area (Å²) in [6, 6.07) is 3.11. The van der Waals surface area contributed by atoms with E-state index in [1.54, 1.807) is 13.0 Å². The van der Waals surface area contributed by atoms with Crippen molar-refractivity contribution in [2.75, 3.05) is 11.9 Å². The minimum Gasteiger partial charge on any atom is -0.394 e. The molecule has 0 fully saturated rings. The van der Waals surface area contributed by atoms with Crippen LogP contribution in [0.15, 0.2) is 16.6 Å². The topological polar surface area (TPSA) is 75.4 Å². The molecule has 0 aromatic heterocycles. The average molecular weight is 317 g/mol. The van der Waals surface area contributed by atoms with E-state index in [4.69, 9.17) is 0 Å². The van der Waals surface area contributed by atoms with Crippen molar-refractivity contribution in [2.24, 2.45) is 5.92 Å². The van der Waals surface area contributed by atoms with E-state index in [1.165, 1.54) is 6.07 Å². The number of aliphatic hydroxyl groups is 1. The van der Waals surface area contributed by atoms with Crippen LogP contribution in [0.1, 0.15) is 19.4 Å². The first-order valence-electron chi connectivity index (χ1n) is 5.68. The molecule has 100 valence electrons. The second kappa shape index (κ2) is 6.15. The summed E-state index contributed by atoms with van der Waals surface area (Å²) < 4.78 is 0.624. The first-order chi connectivity index (χ1) is 8.36. The first-order valence-corrected chi connectivity index (χ1v) is 6.48. The number of aryl methyl sites for hydroxylation is 1. The summed E-state index contributed by atoms with van der Waals surface area (Å²) in [6.07, 6.45) is 0. The summed E-state index contributed by atoms with van der Waals surface area (Å²) in [4.78, 5) is 10.4. The molecule has 1 atom stereocenters. The third-order valence-corrected chi connectivity index (χ3v) is 3.48. The van der Waals surface area contributed by atoms with Gasteiger partial charge in [0.15, 0.2) is 0 Å². The van der Waals surface area contributed by atoms with Crippen molar-refractivity contribution < 1.29 is 10.0 Å². The normalized spacial score (nSPS) is 12.6. The van der Waals surface area contributed by atoms with Gasteiger partial charge in [0.2, 0.25) is 0 Å². The number of rotatable bonds is 5. The molecule has 1 rings (SSSR count). The lowest BCUT2D eigenvalue weighted by Crippen LogP contribution is -2.29. The summed E-state index contributed by atoms with van der Waals surface area (Å²) in [6.45, 7) is 5.71. The van der Waals surface area contributed by atoms with E-state index in [-0.39, 0.29) is 24.3 Å². The Hall–Kier alpha value is -1.14. The Kier molecular flexibility index (Phi) is 5.10. The molecular weight excluding hydrogens is 300 g/mol. The Morgan fingerprint density at radius 2 is 2.11 bits per heavy atom. The SMILES string of the molecule is Cc1cc(NC(CO)C(C)C)c(Br)cc1[N+](=O)[O-]. The van der Waals surface area contributed by atoms with Crippen molar-refractivity contribution in [3.8, 4) is 0 Å². The molecule has 0 saturated carbocycles. The van der Waals surface area contributed by atoms with Crippen LogP contribution >= 0.6 is 15.9 Å². The van der Waals surface area contributed by atoms with E-state index < -0.39 is 4.92 Å². The van der Waals surface area contributed by atoms with Crippen molar-refractivity contribution in [3.05, 3.63) is 32.3 Å². The van der Waals surface area contributed by atoms with Crippen LogP contribution < -0.4 is 5.32 Å². The number of nitrogens with zero attached hydrogens (tertiary/aromatic N) is 1. The summed E-state index contributed by atoms with van der Waals surface area (Å²) >= 11 is 3.31. The summed E-state index contributed by atoms with van der Waals surface area (Å²) in [5.74, 6) is 0.261. The summed E-state index contributed by atoms with van der Waals surface area (Å²) in [5.41, 5.74) is 1.43. The number of anilines is 1. The zero-order chi connectivity index (χ0) is 13.9. The van der Waals surface area contributed by atoms with Gasteiger partial charge in [0.05, 0.1) is 17.6 Å². The van der Waals surface area contributed by atoms with E-state index >= 15 is 0 Å². The molecule has 1 aromatic rings. The Morgan fingerprint density at radius 1 is 1.50 bits per heavy atom. The average Bonchev–Trinajstić information content (AvgIpc) is 2.28. The number of nitro benzene ring substituents is 1. The zero-order valence-electron chi connectivity index (χ0n) is 10.6. The monoisotopic (exact) mass is 316 g/mol. The molecule has 0 heterocycles. The maximum atomic E-state index is 10.8. The number of hydrogen-bond donors (Lipinski definition) is 2. The van der Waals surface area contributed by atoms with E-state index in [0.717, 1.165) is 5.69 Å². The Balaban J connectivity index is 3.04. The van der Waals surface area contributed by atoms with E-state index in [2.05, 4.69) is 21.2 Å². The smallest absolute Gasteiger partial charge is 0.273 e. The summed E-state index contributed by atoms with van der Waals surface area (Å²) in [7, 11) is 0. The van der Waals surface area contributed by atoms with E-state index in [1.807, 2.05) is 13.8 Å². The lowest BCUT2D eigenvalue weighted by Gasteiger charge is -2.22. The van der Waals surface area contributed by atoms with Crippen molar-refractivity contribution in [1.82, 2.24) is 0 Å². The highest BCUT2D eigenvalue weighted by atomic mass is 79.9. The Labute approximate surface area is 114 Å². The number of aliphatic hydroxyl groups excluding tert-OH is 1. The Morgan fingerprint density at radius 3 is 2.56 bits per heavy atom. The van der Waals surface area contributed by atoms with Crippen molar-refractivity contribution in [3.63, 3.8) is 0 Å². The van der Waals surface area contributed by atoms with Crippen molar-refractivity contribution >= 4 is 27.3 Å². The Bertz CT molecular complexity index is 449. The lowest BCUT2D eigenvalue weighted by molar-refractivity contribution is -0.385. The number of halogens is 1. The fourth-order valence-electron chi connectivity index (χ4n) is 1.60. The third-order valence-electron chi connectivity index (χ3n) is 2.82. The second-order valence-electron chi connectivity index (χ2n) is 4.55. The zero-order valence-corrected chi connectivity index (χ0v) is 12.2. The summed E-state index contributed by atoms with van der Waals surface area (Å²) in [5, 5.41) is 23.3. The van der Waals surface area contributed by atoms with Crippen LogP contribution in [-0.2, 0) is 0 Å². The number of nitro groups is 1. The fourth-order valence-corrected chi connectivity index (χ4v) is 2.05. The maximum Gasteiger partial charge on any atom is 0.273 e. The van der Waals surface area contributed by atoms with Crippen LogP contribution in [0.4, 0.5) is 11.4 Å². The van der Waals surface area contributed by atoms with Crippen LogP contribution in [0.3, 0.4) is 0 Å². The highest BCUT2D eigenvalue weighted by Gasteiger charge is 2.17. The van der Waals surface area contributed by atoms with Gasteiger partial charge in [-0.2, -0.15) is 0 Å². The number of hydrogen-bond acceptors (Lipinski definition) is 4. The molecule has 18 heavy (non-hydrogen) atoms. The van der Waals surface area contributed by atoms with Gasteiger partial charge in [-0.3, -0.25) is 10.1 Å². The van der Waals surface area contributed by atoms with Gasteiger partial charge in [-0.25, -0.2) is 0 Å². The molecule has 0 aliphatic rings. The molecule has 1 aromatic carbocycles. The maximum absolute atomic E-state index is 10.8. The third kappa shape index (κ3) is 3.43. The van der Waals surface area contributed by atoms with Gasteiger partial charge in [0.1, 0.15) is 0 Å². The van der Waals surface area contributed by atoms with Crippen molar-refractivity contribution in [1.29, 1.82) is 0 Å². The second-order valence-corrected chi connectivity index (χ2v) is 5.41. The molecular formula is C12H17BrN2O3. The van der Waals surface area contributed by atoms with Crippen LogP contribution in [0.25, 0.3) is 0 Å². The standard InChI is InChI=1S/C12H17BrN2O3/c1-7(2)11(6-16)14-10-4-8(3)12(15(17)18)5-9(10)13/h4-5,7,11,14,16H,6H2,1-3H3. The highest BCUT2D eigenvalue weighted by molar-refractivity contribution is 9.10. The molecule has 1 unspecified atom stereocenters. The van der Waals surface area contributed by atoms with Gasteiger partial charge in [0.25, 0.3) is 5.69 Å². The van der Waals surface area contributed by atoms with Crippen LogP contribution in [0.5, 0.6) is 0 Å². The molecule has 0 saturated heterocycles. The van der Waals surface area contributed by atoms with Crippen LogP contribution in [0.2, 0.25) is 0 Å². The minimum atomic E-state index is -0.407. The van der Waals surface area contributed by atoms with E-state index in [0.29, 0.717) is 10.0 Å². The molecule has 0 aliphatic carbocycles. The first kappa shape index (κ1) is 14.9. The quantitative estimate of drug-likeness (QED) is 0.646. The van der Waals surface area contributed by atoms with Gasteiger partial charge in [-0.1, -0.05) is 13.8 Å². The van der Waals surface area contributed by atoms with Gasteiger partial charge in [-0.15, -0.1) is 0 Å². The van der Waals surface area contributed by atoms with Crippen LogP contribution in [0, 0.1) is 23.0 Å². The predicted molar refractivity (Wildman–Crippen MR) is 74.9 cm³/mol.